The van der Waals surface area contributed by atoms with Crippen LogP contribution in [0.3, 0.4) is 0 Å². The summed E-state index contributed by atoms with van der Waals surface area (Å²) in [6.07, 6.45) is 3.58. The minimum Gasteiger partial charge on any atom is -0.351 e. The third-order valence-electron chi connectivity index (χ3n) is 3.70. The maximum absolute atomic E-state index is 13.2. The molecule has 0 spiro atoms. The summed E-state index contributed by atoms with van der Waals surface area (Å²) in [6.45, 7) is 0.290. The van der Waals surface area contributed by atoms with Crippen LogP contribution in [0.15, 0.2) is 42.7 Å². The zero-order valence-corrected chi connectivity index (χ0v) is 12.7. The fourth-order valence-corrected chi connectivity index (χ4v) is 2.42. The molecule has 2 aromatic heterocycles. The number of hydrogen-bond acceptors (Lipinski definition) is 3. The number of aromatic nitrogens is 2. The molecule has 0 bridgehead atoms. The average molecular weight is 330 g/mol. The van der Waals surface area contributed by atoms with E-state index in [4.69, 9.17) is 5.73 Å². The van der Waals surface area contributed by atoms with Crippen molar-refractivity contribution in [3.63, 3.8) is 0 Å². The Morgan fingerprint density at radius 1 is 1.21 bits per heavy atom. The molecule has 1 aromatic carbocycles. The van der Waals surface area contributed by atoms with Crippen molar-refractivity contribution in [1.29, 1.82) is 0 Å². The van der Waals surface area contributed by atoms with Gasteiger partial charge in [0.15, 0.2) is 11.6 Å². The SMILES string of the molecule is N[C@@H](Cc1ccc(F)c(F)c1)C(=O)NCc1cnc2[nH]ccc2c1. The van der Waals surface area contributed by atoms with Crippen LogP contribution in [0.1, 0.15) is 11.1 Å². The van der Waals surface area contributed by atoms with Gasteiger partial charge in [0.25, 0.3) is 0 Å². The second-order valence-electron chi connectivity index (χ2n) is 5.54. The zero-order valence-electron chi connectivity index (χ0n) is 12.7. The van der Waals surface area contributed by atoms with E-state index in [1.165, 1.54) is 6.07 Å². The number of hydrogen-bond donors (Lipinski definition) is 3. The first-order valence-corrected chi connectivity index (χ1v) is 7.42. The van der Waals surface area contributed by atoms with Crippen molar-refractivity contribution in [3.8, 4) is 0 Å². The highest BCUT2D eigenvalue weighted by Gasteiger charge is 2.15. The Labute approximate surface area is 136 Å². The van der Waals surface area contributed by atoms with E-state index in [9.17, 15) is 13.6 Å². The number of nitrogens with two attached hydrogens (primary N) is 1. The van der Waals surface area contributed by atoms with Crippen LogP contribution in [0.25, 0.3) is 11.0 Å². The number of carbonyl (C=O) groups is 1. The summed E-state index contributed by atoms with van der Waals surface area (Å²) >= 11 is 0. The molecule has 24 heavy (non-hydrogen) atoms. The van der Waals surface area contributed by atoms with Gasteiger partial charge < -0.3 is 16.0 Å². The van der Waals surface area contributed by atoms with Gasteiger partial charge in [-0.15, -0.1) is 0 Å². The monoisotopic (exact) mass is 330 g/mol. The Morgan fingerprint density at radius 2 is 2.04 bits per heavy atom. The maximum atomic E-state index is 13.2. The lowest BCUT2D eigenvalue weighted by Crippen LogP contribution is -2.41. The molecular formula is C17H16F2N4O. The van der Waals surface area contributed by atoms with Gasteiger partial charge in [-0.3, -0.25) is 4.79 Å². The average Bonchev–Trinajstić information content (AvgIpc) is 3.03. The summed E-state index contributed by atoms with van der Waals surface area (Å²) in [6, 6.07) is 6.44. The van der Waals surface area contributed by atoms with Gasteiger partial charge in [-0.05, 0) is 41.8 Å². The van der Waals surface area contributed by atoms with Gasteiger partial charge in [-0.25, -0.2) is 13.8 Å². The van der Waals surface area contributed by atoms with Gasteiger partial charge in [0, 0.05) is 24.3 Å². The number of nitrogens with one attached hydrogen (secondary N) is 2. The van der Waals surface area contributed by atoms with E-state index in [1.54, 1.807) is 12.4 Å². The van der Waals surface area contributed by atoms with Crippen molar-refractivity contribution >= 4 is 16.9 Å². The molecule has 2 heterocycles. The molecule has 0 unspecified atom stereocenters. The molecular weight excluding hydrogens is 314 g/mol. The molecule has 124 valence electrons. The molecule has 0 aliphatic carbocycles. The topological polar surface area (TPSA) is 83.8 Å². The minimum absolute atomic E-state index is 0.123. The summed E-state index contributed by atoms with van der Waals surface area (Å²) in [4.78, 5) is 19.3. The molecule has 7 heteroatoms. The summed E-state index contributed by atoms with van der Waals surface area (Å²) in [7, 11) is 0. The number of halogens is 2. The first kappa shape index (κ1) is 16.1. The Morgan fingerprint density at radius 3 is 2.83 bits per heavy atom. The molecule has 0 aliphatic heterocycles. The van der Waals surface area contributed by atoms with Crippen LogP contribution in [-0.2, 0) is 17.8 Å². The summed E-state index contributed by atoms with van der Waals surface area (Å²) in [5.74, 6) is -2.25. The van der Waals surface area contributed by atoms with Gasteiger partial charge in [-0.2, -0.15) is 0 Å². The van der Waals surface area contributed by atoms with E-state index in [2.05, 4.69) is 15.3 Å². The van der Waals surface area contributed by atoms with Crippen molar-refractivity contribution < 1.29 is 13.6 Å². The predicted molar refractivity (Wildman–Crippen MR) is 86.0 cm³/mol. The number of carbonyl (C=O) groups excluding carboxylic acids is 1. The van der Waals surface area contributed by atoms with E-state index >= 15 is 0 Å². The van der Waals surface area contributed by atoms with Crippen LogP contribution in [0.2, 0.25) is 0 Å². The number of rotatable bonds is 5. The van der Waals surface area contributed by atoms with Crippen molar-refractivity contribution in [2.24, 2.45) is 5.73 Å². The first-order chi connectivity index (χ1) is 11.5. The number of H-pyrrole nitrogens is 1. The molecule has 3 aromatic rings. The van der Waals surface area contributed by atoms with Crippen LogP contribution >= 0.6 is 0 Å². The number of nitrogens with zero attached hydrogens (tertiary/aromatic N) is 1. The maximum Gasteiger partial charge on any atom is 0.237 e. The van der Waals surface area contributed by atoms with Crippen molar-refractivity contribution in [2.75, 3.05) is 0 Å². The number of benzene rings is 1. The lowest BCUT2D eigenvalue weighted by Gasteiger charge is -2.12. The fraction of sp³-hybridized carbons (Fsp3) is 0.176. The lowest BCUT2D eigenvalue weighted by molar-refractivity contribution is -0.122. The van der Waals surface area contributed by atoms with Gasteiger partial charge >= 0.3 is 0 Å². The third kappa shape index (κ3) is 3.57. The van der Waals surface area contributed by atoms with Gasteiger partial charge in [0.1, 0.15) is 5.65 Å². The highest BCUT2D eigenvalue weighted by Crippen LogP contribution is 2.12. The van der Waals surface area contributed by atoms with Crippen LogP contribution in [0.4, 0.5) is 8.78 Å². The molecule has 5 nitrogen and oxygen atoms in total. The molecule has 0 fully saturated rings. The highest BCUT2D eigenvalue weighted by molar-refractivity contribution is 5.82. The normalized spacial score (nSPS) is 12.3. The van der Waals surface area contributed by atoms with Gasteiger partial charge in [-0.1, -0.05) is 6.07 Å². The van der Waals surface area contributed by atoms with E-state index in [0.717, 1.165) is 28.7 Å². The highest BCUT2D eigenvalue weighted by atomic mass is 19.2. The number of aromatic amines is 1. The van der Waals surface area contributed by atoms with E-state index in [-0.39, 0.29) is 12.3 Å². The molecule has 0 saturated carbocycles. The van der Waals surface area contributed by atoms with Crippen LogP contribution in [0.5, 0.6) is 0 Å². The first-order valence-electron chi connectivity index (χ1n) is 7.42. The van der Waals surface area contributed by atoms with Gasteiger partial charge in [0.2, 0.25) is 5.91 Å². The third-order valence-corrected chi connectivity index (χ3v) is 3.70. The Hall–Kier alpha value is -2.80. The summed E-state index contributed by atoms with van der Waals surface area (Å²) in [5, 5.41) is 3.67. The van der Waals surface area contributed by atoms with E-state index in [1.807, 2.05) is 12.1 Å². The number of pyridine rings is 1. The lowest BCUT2D eigenvalue weighted by atomic mass is 10.1. The minimum atomic E-state index is -0.953. The zero-order chi connectivity index (χ0) is 17.1. The molecule has 1 atom stereocenters. The van der Waals surface area contributed by atoms with Gasteiger partial charge in [0.05, 0.1) is 6.04 Å². The largest absolute Gasteiger partial charge is 0.351 e. The molecule has 4 N–H and O–H groups in total. The quantitative estimate of drug-likeness (QED) is 0.669. The molecule has 0 saturated heterocycles. The predicted octanol–water partition coefficient (Wildman–Crippen LogP) is 2.03. The molecule has 0 aliphatic rings. The Kier molecular flexibility index (Phi) is 4.52. The number of fused-ring (bicyclic) bond motifs is 1. The van der Waals surface area contributed by atoms with E-state index in [0.29, 0.717) is 12.1 Å². The van der Waals surface area contributed by atoms with Crippen LogP contribution < -0.4 is 11.1 Å². The second-order valence-corrected chi connectivity index (χ2v) is 5.54. The smallest absolute Gasteiger partial charge is 0.237 e. The van der Waals surface area contributed by atoms with Crippen molar-refractivity contribution in [2.45, 2.75) is 19.0 Å². The molecule has 1 amide bonds. The van der Waals surface area contributed by atoms with Crippen LogP contribution in [-0.4, -0.2) is 21.9 Å². The van der Waals surface area contributed by atoms with Crippen molar-refractivity contribution in [3.05, 3.63) is 65.5 Å². The van der Waals surface area contributed by atoms with Crippen molar-refractivity contribution in [1.82, 2.24) is 15.3 Å². The standard InChI is InChI=1S/C17H16F2N4O/c18-13-2-1-10(6-14(13)19)7-15(20)17(24)23-9-11-5-12-3-4-21-16(12)22-8-11/h1-6,8,15H,7,9,20H2,(H,21,22)(H,23,24)/t15-/m0/s1. The number of amides is 1. The molecule has 3 rings (SSSR count). The van der Waals surface area contributed by atoms with Crippen LogP contribution in [0, 0.1) is 11.6 Å². The second kappa shape index (κ2) is 6.76. The molecule has 0 radical (unpaired) electrons. The summed E-state index contributed by atoms with van der Waals surface area (Å²) < 4.78 is 26.1. The van der Waals surface area contributed by atoms with E-state index < -0.39 is 17.7 Å². The summed E-state index contributed by atoms with van der Waals surface area (Å²) in [5.41, 5.74) is 7.91. The Balaban J connectivity index is 1.58. The Bertz CT molecular complexity index is 878. The fourth-order valence-electron chi connectivity index (χ4n) is 2.42.